The molecule has 2 amide bonds. The second kappa shape index (κ2) is 44.0. The van der Waals surface area contributed by atoms with Crippen molar-refractivity contribution >= 4 is 11.8 Å². The molecule has 0 saturated carbocycles. The summed E-state index contributed by atoms with van der Waals surface area (Å²) < 4.78 is 17.3. The van der Waals surface area contributed by atoms with Gasteiger partial charge in [0.15, 0.2) is 0 Å². The molecule has 61 heavy (non-hydrogen) atoms. The van der Waals surface area contributed by atoms with E-state index in [1.807, 2.05) is 0 Å². The molecule has 0 aromatic heterocycles. The van der Waals surface area contributed by atoms with Crippen molar-refractivity contribution in [2.45, 2.75) is 303 Å². The molecule has 364 valence electrons. The van der Waals surface area contributed by atoms with Crippen molar-refractivity contribution in [1.82, 2.24) is 10.6 Å². The van der Waals surface area contributed by atoms with E-state index in [1.54, 1.807) is 7.11 Å². The quantitative estimate of drug-likeness (QED) is 0.0595. The molecule has 2 N–H and O–H groups in total. The third-order valence-corrected chi connectivity index (χ3v) is 12.9. The molecular formula is C54H108N2O5. The second-order valence-electron chi connectivity index (χ2n) is 20.0. The lowest BCUT2D eigenvalue weighted by Crippen LogP contribution is -2.36. The number of hydrogen-bond acceptors (Lipinski definition) is 5. The van der Waals surface area contributed by atoms with Crippen LogP contribution in [-0.4, -0.2) is 62.5 Å². The zero-order valence-electron chi connectivity index (χ0n) is 42.3. The maximum absolute atomic E-state index is 13.0. The molecule has 0 rings (SSSR count). The molecule has 0 aliphatic carbocycles. The van der Waals surface area contributed by atoms with Crippen LogP contribution in [0.15, 0.2) is 0 Å². The summed E-state index contributed by atoms with van der Waals surface area (Å²) in [7, 11) is 1.73. The van der Waals surface area contributed by atoms with Gasteiger partial charge in [0.05, 0.1) is 24.4 Å². The van der Waals surface area contributed by atoms with Crippen molar-refractivity contribution in [1.29, 1.82) is 0 Å². The predicted octanol–water partition coefficient (Wildman–Crippen LogP) is 15.7. The molecule has 0 aliphatic rings. The van der Waals surface area contributed by atoms with Crippen LogP contribution in [0.25, 0.3) is 0 Å². The van der Waals surface area contributed by atoms with E-state index in [0.717, 1.165) is 25.7 Å². The number of hydrogen-bond donors (Lipinski definition) is 2. The van der Waals surface area contributed by atoms with Gasteiger partial charge < -0.3 is 24.8 Å². The van der Waals surface area contributed by atoms with Gasteiger partial charge >= 0.3 is 0 Å². The number of carbonyl (C=O) groups excluding carboxylic acids is 2. The number of methoxy groups -OCH3 is 1. The van der Waals surface area contributed by atoms with Gasteiger partial charge in [0.1, 0.15) is 0 Å². The van der Waals surface area contributed by atoms with Crippen molar-refractivity contribution in [2.24, 2.45) is 0 Å². The highest BCUT2D eigenvalue weighted by molar-refractivity contribution is 5.83. The summed E-state index contributed by atoms with van der Waals surface area (Å²) >= 11 is 0. The first-order valence-corrected chi connectivity index (χ1v) is 26.9. The maximum atomic E-state index is 13.0. The van der Waals surface area contributed by atoms with Crippen LogP contribution in [0.3, 0.4) is 0 Å². The van der Waals surface area contributed by atoms with Crippen LogP contribution < -0.4 is 10.6 Å². The van der Waals surface area contributed by atoms with Crippen LogP contribution in [0.1, 0.15) is 286 Å². The first kappa shape index (κ1) is 59.8. The van der Waals surface area contributed by atoms with Gasteiger partial charge in [-0.05, 0) is 53.4 Å². The molecule has 0 bridgehead atoms. The fraction of sp³-hybridized carbons (Fsp3) is 0.963. The van der Waals surface area contributed by atoms with Crippen molar-refractivity contribution < 1.29 is 23.8 Å². The van der Waals surface area contributed by atoms with Crippen LogP contribution in [0, 0.1) is 0 Å². The van der Waals surface area contributed by atoms with Crippen molar-refractivity contribution in [3.8, 4) is 0 Å². The Bertz CT molecular complexity index is 904. The van der Waals surface area contributed by atoms with E-state index < -0.39 is 0 Å². The van der Waals surface area contributed by atoms with Gasteiger partial charge in [-0.15, -0.1) is 0 Å². The Kier molecular flexibility index (Phi) is 43.2. The molecule has 7 heteroatoms. The van der Waals surface area contributed by atoms with Gasteiger partial charge in [-0.3, -0.25) is 9.59 Å². The molecule has 0 spiro atoms. The summed E-state index contributed by atoms with van der Waals surface area (Å²) in [4.78, 5) is 25.6. The Morgan fingerprint density at radius 3 is 1.16 bits per heavy atom. The third kappa shape index (κ3) is 45.2. The maximum Gasteiger partial charge on any atom is 0.220 e. The van der Waals surface area contributed by atoms with Crippen molar-refractivity contribution in [3.05, 3.63) is 0 Å². The highest BCUT2D eigenvalue weighted by Crippen LogP contribution is 2.20. The summed E-state index contributed by atoms with van der Waals surface area (Å²) in [6, 6.07) is 0.224. The molecular weight excluding hydrogens is 757 g/mol. The summed E-state index contributed by atoms with van der Waals surface area (Å²) in [5.41, 5.74) is -0.473. The first-order valence-electron chi connectivity index (χ1n) is 26.9. The minimum atomic E-state index is -0.282. The molecule has 0 unspecified atom stereocenters. The predicted molar refractivity (Wildman–Crippen MR) is 264 cm³/mol. The number of rotatable bonds is 49. The van der Waals surface area contributed by atoms with E-state index in [0.29, 0.717) is 26.4 Å². The van der Waals surface area contributed by atoms with Crippen LogP contribution in [0.2, 0.25) is 0 Å². The molecule has 7 nitrogen and oxygen atoms in total. The van der Waals surface area contributed by atoms with Crippen LogP contribution >= 0.6 is 0 Å². The number of amides is 2. The largest absolute Gasteiger partial charge is 0.380 e. The Balaban J connectivity index is 4.32. The highest BCUT2D eigenvalue weighted by Gasteiger charge is 2.22. The summed E-state index contributed by atoms with van der Waals surface area (Å²) in [6.45, 7) is 15.0. The van der Waals surface area contributed by atoms with E-state index in [1.165, 1.54) is 205 Å². The van der Waals surface area contributed by atoms with E-state index in [9.17, 15) is 9.59 Å². The lowest BCUT2D eigenvalue weighted by Gasteiger charge is -2.28. The Hall–Kier alpha value is -1.18. The number of unbranched alkanes of at least 4 members (excludes halogenated alkanes) is 30. The third-order valence-electron chi connectivity index (χ3n) is 12.9. The molecule has 0 aliphatic heterocycles. The number of ether oxygens (including phenoxy) is 3. The zero-order chi connectivity index (χ0) is 45.0. The lowest BCUT2D eigenvalue weighted by atomic mass is 9.99. The fourth-order valence-electron chi connectivity index (χ4n) is 8.21. The topological polar surface area (TPSA) is 85.9 Å². The molecule has 0 atom stereocenters. The Morgan fingerprint density at radius 2 is 0.787 bits per heavy atom. The van der Waals surface area contributed by atoms with Gasteiger partial charge in [0, 0.05) is 39.1 Å². The van der Waals surface area contributed by atoms with Crippen LogP contribution in [-0.2, 0) is 23.8 Å². The van der Waals surface area contributed by atoms with E-state index >= 15 is 0 Å². The smallest absolute Gasteiger partial charge is 0.220 e. The number of nitrogens with one attached hydrogen (secondary N) is 2. The monoisotopic (exact) mass is 865 g/mol. The lowest BCUT2D eigenvalue weighted by molar-refractivity contribution is -0.127. The Labute approximate surface area is 381 Å². The number of carbonyl (C=O) groups is 2. The Morgan fingerprint density at radius 1 is 0.443 bits per heavy atom. The average Bonchev–Trinajstić information content (AvgIpc) is 3.23. The van der Waals surface area contributed by atoms with E-state index in [2.05, 4.69) is 52.2 Å². The molecule has 0 aromatic rings. The standard InChI is InChI=1S/C54H108N2O5/c1-8-10-12-14-16-18-20-22-24-26-28-30-32-34-36-38-40-50(41-39-37-35-33-31-29-27-25-23-21-19-17-15-13-11-9-2)56-52(58)43-42-51(57)55-46-49-60-47-44-54(5,6)61-48-45-53(3,4)59-7/h50H,8-49H2,1-7H3,(H,55,57)(H,56,58). The normalized spacial score (nSPS) is 12.1. The summed E-state index contributed by atoms with van der Waals surface area (Å²) in [5, 5.41) is 6.27. The molecule has 0 saturated heterocycles. The van der Waals surface area contributed by atoms with Gasteiger partial charge in [-0.25, -0.2) is 0 Å². The SMILES string of the molecule is CCCCCCCCCCCCCCCCCCC(CCCCCCCCCCCCCCCCCC)NC(=O)CCC(=O)NCCOCCC(C)(C)OCCC(C)(C)OC. The molecule has 0 aromatic carbocycles. The zero-order valence-corrected chi connectivity index (χ0v) is 42.3. The first-order chi connectivity index (χ1) is 29.5. The molecule has 0 heterocycles. The average molecular weight is 865 g/mol. The van der Waals surface area contributed by atoms with E-state index in [-0.39, 0.29) is 41.9 Å². The van der Waals surface area contributed by atoms with Gasteiger partial charge in [-0.1, -0.05) is 219 Å². The van der Waals surface area contributed by atoms with E-state index in [4.69, 9.17) is 14.2 Å². The molecule has 0 fully saturated rings. The van der Waals surface area contributed by atoms with Gasteiger partial charge in [0.25, 0.3) is 0 Å². The summed E-state index contributed by atoms with van der Waals surface area (Å²) in [6.07, 6.45) is 48.1. The molecule has 0 radical (unpaired) electrons. The van der Waals surface area contributed by atoms with Crippen molar-refractivity contribution in [2.75, 3.05) is 33.5 Å². The minimum absolute atomic E-state index is 0.0144. The minimum Gasteiger partial charge on any atom is -0.380 e. The fourth-order valence-corrected chi connectivity index (χ4v) is 8.21. The van der Waals surface area contributed by atoms with Crippen LogP contribution in [0.5, 0.6) is 0 Å². The van der Waals surface area contributed by atoms with Gasteiger partial charge in [-0.2, -0.15) is 0 Å². The van der Waals surface area contributed by atoms with Crippen molar-refractivity contribution in [3.63, 3.8) is 0 Å². The van der Waals surface area contributed by atoms with Crippen LogP contribution in [0.4, 0.5) is 0 Å². The highest BCUT2D eigenvalue weighted by atomic mass is 16.5. The summed E-state index contributed by atoms with van der Waals surface area (Å²) in [5.74, 6) is -0.0733. The second-order valence-corrected chi connectivity index (χ2v) is 20.0. The van der Waals surface area contributed by atoms with Gasteiger partial charge in [0.2, 0.25) is 11.8 Å².